The van der Waals surface area contributed by atoms with E-state index < -0.39 is 0 Å². The van der Waals surface area contributed by atoms with Crippen LogP contribution in [0.3, 0.4) is 0 Å². The summed E-state index contributed by atoms with van der Waals surface area (Å²) < 4.78 is 1.43. The Morgan fingerprint density at radius 3 is 3.09 bits per heavy atom. The average Bonchev–Trinajstić information content (AvgIpc) is 3.20. The first-order chi connectivity index (χ1) is 10.7. The van der Waals surface area contributed by atoms with Crippen molar-refractivity contribution in [2.45, 2.75) is 6.54 Å². The fourth-order valence-electron chi connectivity index (χ4n) is 1.93. The number of nitrogens with zero attached hydrogens (tertiary/aromatic N) is 3. The van der Waals surface area contributed by atoms with Gasteiger partial charge in [0.05, 0.1) is 10.6 Å². The lowest BCUT2D eigenvalue weighted by Crippen LogP contribution is -2.31. The second-order valence-electron chi connectivity index (χ2n) is 4.50. The molecule has 0 unspecified atom stereocenters. The zero-order chi connectivity index (χ0) is 15.4. The molecule has 1 amide bonds. The minimum atomic E-state index is -0.337. The van der Waals surface area contributed by atoms with Crippen molar-refractivity contribution in [3.8, 4) is 10.6 Å². The molecule has 7 nitrogen and oxygen atoms in total. The van der Waals surface area contributed by atoms with Crippen LogP contribution < -0.4 is 11.0 Å². The van der Waals surface area contributed by atoms with Gasteiger partial charge in [-0.25, -0.2) is 9.78 Å². The van der Waals surface area contributed by atoms with Crippen molar-refractivity contribution in [3.63, 3.8) is 0 Å². The van der Waals surface area contributed by atoms with Crippen LogP contribution in [0, 0.1) is 0 Å². The maximum absolute atomic E-state index is 12.0. The van der Waals surface area contributed by atoms with E-state index in [9.17, 15) is 9.59 Å². The van der Waals surface area contributed by atoms with Crippen LogP contribution in [0.5, 0.6) is 0 Å². The van der Waals surface area contributed by atoms with E-state index in [1.807, 2.05) is 17.5 Å². The summed E-state index contributed by atoms with van der Waals surface area (Å²) in [4.78, 5) is 28.1. The third kappa shape index (κ3) is 3.12. The molecule has 0 aliphatic rings. The van der Waals surface area contributed by atoms with Gasteiger partial charge in [-0.1, -0.05) is 6.07 Å². The van der Waals surface area contributed by atoms with Gasteiger partial charge in [-0.05, 0) is 23.6 Å². The van der Waals surface area contributed by atoms with Gasteiger partial charge in [0.15, 0.2) is 5.69 Å². The molecule has 0 aromatic carbocycles. The van der Waals surface area contributed by atoms with Crippen LogP contribution in [0.25, 0.3) is 10.6 Å². The Kier molecular flexibility index (Phi) is 4.10. The van der Waals surface area contributed by atoms with E-state index in [1.165, 1.54) is 10.8 Å². The van der Waals surface area contributed by atoms with Crippen molar-refractivity contribution in [2.75, 3.05) is 6.54 Å². The van der Waals surface area contributed by atoms with Crippen LogP contribution in [-0.2, 0) is 6.54 Å². The molecule has 3 aromatic rings. The molecule has 3 heterocycles. The Morgan fingerprint density at radius 1 is 1.41 bits per heavy atom. The summed E-state index contributed by atoms with van der Waals surface area (Å²) >= 11 is 1.57. The summed E-state index contributed by atoms with van der Waals surface area (Å²) in [6, 6.07) is 7.27. The second-order valence-corrected chi connectivity index (χ2v) is 5.44. The first-order valence-corrected chi connectivity index (χ1v) is 7.51. The van der Waals surface area contributed by atoms with Crippen molar-refractivity contribution in [1.29, 1.82) is 0 Å². The van der Waals surface area contributed by atoms with E-state index >= 15 is 0 Å². The largest absolute Gasteiger partial charge is 0.349 e. The number of aromatic amines is 1. The van der Waals surface area contributed by atoms with Crippen LogP contribution >= 0.6 is 11.3 Å². The van der Waals surface area contributed by atoms with Crippen LogP contribution in [0.15, 0.2) is 46.8 Å². The maximum Gasteiger partial charge on any atom is 0.347 e. The molecule has 2 N–H and O–H groups in total. The highest BCUT2D eigenvalue weighted by Crippen LogP contribution is 2.22. The number of aromatic nitrogens is 4. The zero-order valence-corrected chi connectivity index (χ0v) is 12.3. The van der Waals surface area contributed by atoms with Gasteiger partial charge in [0.2, 0.25) is 0 Å². The number of nitrogens with one attached hydrogen (secondary N) is 2. The maximum atomic E-state index is 12.0. The molecule has 8 heteroatoms. The van der Waals surface area contributed by atoms with Crippen molar-refractivity contribution in [2.24, 2.45) is 0 Å². The standard InChI is InChI=1S/C14H13N5O2S/c20-13(15-5-7-19-6-2-4-16-14(19)21)11-9-10(17-18-11)12-3-1-8-22-12/h1-4,6,8-9H,5,7H2,(H,15,20)(H,17,18). The topological polar surface area (TPSA) is 92.7 Å². The number of amides is 1. The highest BCUT2D eigenvalue weighted by molar-refractivity contribution is 7.13. The molecule has 0 bridgehead atoms. The van der Waals surface area contributed by atoms with E-state index in [4.69, 9.17) is 0 Å². The molecule has 0 saturated heterocycles. The van der Waals surface area contributed by atoms with Gasteiger partial charge in [0.1, 0.15) is 0 Å². The molecule has 0 aliphatic heterocycles. The molecule has 0 fully saturated rings. The van der Waals surface area contributed by atoms with E-state index in [1.54, 1.807) is 29.7 Å². The van der Waals surface area contributed by atoms with E-state index in [2.05, 4.69) is 20.5 Å². The summed E-state index contributed by atoms with van der Waals surface area (Å²) in [7, 11) is 0. The third-order valence-corrected chi connectivity index (χ3v) is 3.92. The van der Waals surface area contributed by atoms with Crippen molar-refractivity contribution in [1.82, 2.24) is 25.1 Å². The zero-order valence-electron chi connectivity index (χ0n) is 11.5. The number of rotatable bonds is 5. The fourth-order valence-corrected chi connectivity index (χ4v) is 2.63. The van der Waals surface area contributed by atoms with E-state index in [0.717, 1.165) is 10.6 Å². The molecule has 0 spiro atoms. The van der Waals surface area contributed by atoms with Gasteiger partial charge in [-0.2, -0.15) is 5.10 Å². The highest BCUT2D eigenvalue weighted by Gasteiger charge is 2.11. The minimum absolute atomic E-state index is 0.281. The third-order valence-electron chi connectivity index (χ3n) is 3.02. The van der Waals surface area contributed by atoms with Gasteiger partial charge >= 0.3 is 5.69 Å². The van der Waals surface area contributed by atoms with Crippen LogP contribution in [-0.4, -0.2) is 32.2 Å². The molecule has 112 valence electrons. The molecular weight excluding hydrogens is 302 g/mol. The molecule has 3 aromatic heterocycles. The van der Waals surface area contributed by atoms with Gasteiger partial charge in [0, 0.05) is 25.5 Å². The summed E-state index contributed by atoms with van der Waals surface area (Å²) in [5.74, 6) is -0.281. The van der Waals surface area contributed by atoms with Crippen molar-refractivity contribution < 1.29 is 4.79 Å². The van der Waals surface area contributed by atoms with E-state index in [-0.39, 0.29) is 11.6 Å². The number of H-pyrrole nitrogens is 1. The molecule has 0 aliphatic carbocycles. The molecule has 3 rings (SSSR count). The van der Waals surface area contributed by atoms with Crippen LogP contribution in [0.1, 0.15) is 10.5 Å². The first-order valence-electron chi connectivity index (χ1n) is 6.63. The summed E-state index contributed by atoms with van der Waals surface area (Å²) in [6.45, 7) is 0.687. The lowest BCUT2D eigenvalue weighted by atomic mass is 10.3. The monoisotopic (exact) mass is 315 g/mol. The average molecular weight is 315 g/mol. The first kappa shape index (κ1) is 14.2. The Morgan fingerprint density at radius 2 is 2.32 bits per heavy atom. The molecule has 22 heavy (non-hydrogen) atoms. The number of carbonyl (C=O) groups excluding carboxylic acids is 1. The Bertz CT molecular complexity index is 822. The van der Waals surface area contributed by atoms with Crippen LogP contribution in [0.2, 0.25) is 0 Å². The number of carbonyl (C=O) groups is 1. The van der Waals surface area contributed by atoms with Gasteiger partial charge in [-0.15, -0.1) is 11.3 Å². The van der Waals surface area contributed by atoms with Crippen molar-refractivity contribution >= 4 is 17.2 Å². The summed E-state index contributed by atoms with van der Waals surface area (Å²) in [5.41, 5.74) is 0.794. The number of thiophene rings is 1. The predicted octanol–water partition coefficient (Wildman–Crippen LogP) is 1.12. The number of hydrogen-bond acceptors (Lipinski definition) is 5. The lowest BCUT2D eigenvalue weighted by molar-refractivity contribution is 0.0947. The van der Waals surface area contributed by atoms with E-state index in [0.29, 0.717) is 18.8 Å². The Labute approximate surface area is 129 Å². The molecular formula is C14H13N5O2S. The van der Waals surface area contributed by atoms with Crippen molar-refractivity contribution in [3.05, 3.63) is 58.2 Å². The highest BCUT2D eigenvalue weighted by atomic mass is 32.1. The summed E-state index contributed by atoms with van der Waals surface area (Å²) in [5, 5.41) is 11.5. The van der Waals surface area contributed by atoms with Gasteiger partial charge in [0.25, 0.3) is 5.91 Å². The number of hydrogen-bond donors (Lipinski definition) is 2. The van der Waals surface area contributed by atoms with Gasteiger partial charge < -0.3 is 5.32 Å². The smallest absolute Gasteiger partial charge is 0.347 e. The predicted molar refractivity (Wildman–Crippen MR) is 82.7 cm³/mol. The fraction of sp³-hybridized carbons (Fsp3) is 0.143. The van der Waals surface area contributed by atoms with Crippen LogP contribution in [0.4, 0.5) is 0 Å². The molecule has 0 atom stereocenters. The lowest BCUT2D eigenvalue weighted by Gasteiger charge is -2.05. The Balaban J connectivity index is 1.59. The second kappa shape index (κ2) is 6.35. The SMILES string of the molecule is O=C(NCCn1cccnc1=O)c1cc(-c2cccs2)[nH]n1. The normalized spacial score (nSPS) is 10.5. The Hall–Kier alpha value is -2.74. The quantitative estimate of drug-likeness (QED) is 0.738. The minimum Gasteiger partial charge on any atom is -0.349 e. The molecule has 0 saturated carbocycles. The van der Waals surface area contributed by atoms with Gasteiger partial charge in [-0.3, -0.25) is 14.5 Å². The summed E-state index contributed by atoms with van der Waals surface area (Å²) in [6.07, 6.45) is 3.07. The molecule has 0 radical (unpaired) electrons.